The maximum Gasteiger partial charge on any atom is 0.238 e. The van der Waals surface area contributed by atoms with Gasteiger partial charge < -0.3 is 10.1 Å². The minimum Gasteiger partial charge on any atom is -0.494 e. The van der Waals surface area contributed by atoms with E-state index < -0.39 is 16.1 Å². The van der Waals surface area contributed by atoms with Crippen LogP contribution >= 0.6 is 0 Å². The average Bonchev–Trinajstić information content (AvgIpc) is 2.95. The highest BCUT2D eigenvalue weighted by Crippen LogP contribution is 2.20. The van der Waals surface area contributed by atoms with Gasteiger partial charge in [0.25, 0.3) is 0 Å². The van der Waals surface area contributed by atoms with E-state index in [1.807, 2.05) is 31.2 Å². The zero-order chi connectivity index (χ0) is 16.2. The Bertz CT molecular complexity index is 630. The first-order valence-electron chi connectivity index (χ1n) is 7.38. The molecule has 1 aliphatic rings. The largest absolute Gasteiger partial charge is 0.494 e. The molecule has 0 spiro atoms. The minimum absolute atomic E-state index is 0.246. The number of ether oxygens (including phenoxy) is 1. The van der Waals surface area contributed by atoms with E-state index in [2.05, 4.69) is 5.32 Å². The number of amides is 1. The summed E-state index contributed by atoms with van der Waals surface area (Å²) in [6.45, 7) is 3.26. The second-order valence-electron chi connectivity index (χ2n) is 5.33. The first-order chi connectivity index (χ1) is 10.4. The maximum absolute atomic E-state index is 12.2. The van der Waals surface area contributed by atoms with E-state index >= 15 is 0 Å². The summed E-state index contributed by atoms with van der Waals surface area (Å²) < 4.78 is 30.0. The van der Waals surface area contributed by atoms with Gasteiger partial charge in [0.15, 0.2) is 0 Å². The number of benzene rings is 1. The summed E-state index contributed by atoms with van der Waals surface area (Å²) >= 11 is 0. The van der Waals surface area contributed by atoms with Gasteiger partial charge in [-0.15, -0.1) is 0 Å². The molecule has 1 aromatic carbocycles. The number of rotatable bonds is 6. The number of hydrogen-bond acceptors (Lipinski definition) is 4. The van der Waals surface area contributed by atoms with Crippen LogP contribution < -0.4 is 10.1 Å². The summed E-state index contributed by atoms with van der Waals surface area (Å²) in [6.07, 6.45) is 2.42. The Labute approximate surface area is 131 Å². The fourth-order valence-corrected chi connectivity index (χ4v) is 3.74. The predicted octanol–water partition coefficient (Wildman–Crippen LogP) is 1.13. The molecule has 1 heterocycles. The number of carbonyl (C=O) groups is 1. The molecule has 1 saturated heterocycles. The molecule has 1 atom stereocenters. The van der Waals surface area contributed by atoms with Crippen LogP contribution in [0.3, 0.4) is 0 Å². The van der Waals surface area contributed by atoms with E-state index in [9.17, 15) is 13.2 Å². The molecule has 1 fully saturated rings. The summed E-state index contributed by atoms with van der Waals surface area (Å²) in [4.78, 5) is 12.2. The molecular formula is C15H22N2O4S. The fourth-order valence-electron chi connectivity index (χ4n) is 2.62. The van der Waals surface area contributed by atoms with E-state index in [-0.39, 0.29) is 5.91 Å². The molecule has 0 aromatic heterocycles. The summed E-state index contributed by atoms with van der Waals surface area (Å²) in [5, 5.41) is 2.81. The molecule has 122 valence electrons. The van der Waals surface area contributed by atoms with Crippen molar-refractivity contribution in [1.82, 2.24) is 9.62 Å². The molecule has 7 heteroatoms. The van der Waals surface area contributed by atoms with Crippen molar-refractivity contribution in [3.05, 3.63) is 29.8 Å². The second kappa shape index (κ2) is 7.11. The van der Waals surface area contributed by atoms with Crippen molar-refractivity contribution in [2.45, 2.75) is 32.4 Å². The van der Waals surface area contributed by atoms with Crippen molar-refractivity contribution >= 4 is 15.9 Å². The molecule has 1 amide bonds. The quantitative estimate of drug-likeness (QED) is 0.850. The highest BCUT2D eigenvalue weighted by atomic mass is 32.2. The van der Waals surface area contributed by atoms with Crippen molar-refractivity contribution in [2.24, 2.45) is 0 Å². The van der Waals surface area contributed by atoms with E-state index in [1.54, 1.807) is 0 Å². The SMILES string of the molecule is CCOc1cccc(CNC(=O)[C@H]2CCCN2S(C)(=O)=O)c1. The van der Waals surface area contributed by atoms with E-state index in [1.165, 1.54) is 4.31 Å². The van der Waals surface area contributed by atoms with Crippen molar-refractivity contribution in [3.63, 3.8) is 0 Å². The van der Waals surface area contributed by atoms with Gasteiger partial charge in [0.05, 0.1) is 12.9 Å². The summed E-state index contributed by atoms with van der Waals surface area (Å²) in [5.74, 6) is 0.512. The Morgan fingerprint density at radius 2 is 2.23 bits per heavy atom. The highest BCUT2D eigenvalue weighted by molar-refractivity contribution is 7.88. The predicted molar refractivity (Wildman–Crippen MR) is 84.0 cm³/mol. The van der Waals surface area contributed by atoms with Gasteiger partial charge >= 0.3 is 0 Å². The maximum atomic E-state index is 12.2. The number of hydrogen-bond donors (Lipinski definition) is 1. The summed E-state index contributed by atoms with van der Waals surface area (Å²) in [6, 6.07) is 6.89. The number of sulfonamides is 1. The number of nitrogens with one attached hydrogen (secondary N) is 1. The Morgan fingerprint density at radius 3 is 2.91 bits per heavy atom. The van der Waals surface area contributed by atoms with Crippen LogP contribution in [0.15, 0.2) is 24.3 Å². The third-order valence-corrected chi connectivity index (χ3v) is 4.90. The van der Waals surface area contributed by atoms with Crippen molar-refractivity contribution in [3.8, 4) is 5.75 Å². The monoisotopic (exact) mass is 326 g/mol. The van der Waals surface area contributed by atoms with Gasteiger partial charge in [-0.05, 0) is 37.5 Å². The second-order valence-corrected chi connectivity index (χ2v) is 7.27. The molecule has 2 rings (SSSR count). The Kier molecular flexibility index (Phi) is 5.42. The topological polar surface area (TPSA) is 75.7 Å². The molecule has 0 radical (unpaired) electrons. The van der Waals surface area contributed by atoms with Crippen LogP contribution in [0.25, 0.3) is 0 Å². The zero-order valence-corrected chi connectivity index (χ0v) is 13.7. The Balaban J connectivity index is 1.96. The van der Waals surface area contributed by atoms with Crippen LogP contribution in [-0.4, -0.2) is 44.1 Å². The average molecular weight is 326 g/mol. The lowest BCUT2D eigenvalue weighted by atomic mass is 10.2. The van der Waals surface area contributed by atoms with Crippen molar-refractivity contribution in [2.75, 3.05) is 19.4 Å². The van der Waals surface area contributed by atoms with Crippen molar-refractivity contribution in [1.29, 1.82) is 0 Å². The van der Waals surface area contributed by atoms with Gasteiger partial charge in [0.2, 0.25) is 15.9 Å². The zero-order valence-electron chi connectivity index (χ0n) is 12.9. The van der Waals surface area contributed by atoms with Crippen LogP contribution in [0.1, 0.15) is 25.3 Å². The summed E-state index contributed by atoms with van der Waals surface area (Å²) in [5.41, 5.74) is 0.920. The van der Waals surface area contributed by atoms with Crippen LogP contribution in [0, 0.1) is 0 Å². The van der Waals surface area contributed by atoms with Crippen LogP contribution in [0.5, 0.6) is 5.75 Å². The molecule has 0 bridgehead atoms. The first kappa shape index (κ1) is 16.8. The first-order valence-corrected chi connectivity index (χ1v) is 9.23. The van der Waals surface area contributed by atoms with Gasteiger partial charge in [-0.3, -0.25) is 4.79 Å². The van der Waals surface area contributed by atoms with Gasteiger partial charge in [0, 0.05) is 13.1 Å². The number of nitrogens with zero attached hydrogens (tertiary/aromatic N) is 1. The Hall–Kier alpha value is -1.60. The van der Waals surface area contributed by atoms with Gasteiger partial charge in [-0.25, -0.2) is 8.42 Å². The minimum atomic E-state index is -3.34. The van der Waals surface area contributed by atoms with Crippen LogP contribution in [0.2, 0.25) is 0 Å². The number of carbonyl (C=O) groups excluding carboxylic acids is 1. The molecule has 1 N–H and O–H groups in total. The highest BCUT2D eigenvalue weighted by Gasteiger charge is 2.36. The van der Waals surface area contributed by atoms with Gasteiger partial charge in [0.1, 0.15) is 11.8 Å². The van der Waals surface area contributed by atoms with Gasteiger partial charge in [-0.2, -0.15) is 4.31 Å². The molecular weight excluding hydrogens is 304 g/mol. The molecule has 0 unspecified atom stereocenters. The lowest BCUT2D eigenvalue weighted by molar-refractivity contribution is -0.124. The lowest BCUT2D eigenvalue weighted by Gasteiger charge is -2.21. The molecule has 6 nitrogen and oxygen atoms in total. The van der Waals surface area contributed by atoms with Gasteiger partial charge in [-0.1, -0.05) is 12.1 Å². The third kappa shape index (κ3) is 4.20. The smallest absolute Gasteiger partial charge is 0.238 e. The van der Waals surface area contributed by atoms with Crippen LogP contribution in [0.4, 0.5) is 0 Å². The molecule has 22 heavy (non-hydrogen) atoms. The van der Waals surface area contributed by atoms with Crippen molar-refractivity contribution < 1.29 is 17.9 Å². The lowest BCUT2D eigenvalue weighted by Crippen LogP contribution is -2.45. The van der Waals surface area contributed by atoms with Crippen LogP contribution in [-0.2, 0) is 21.4 Å². The third-order valence-electron chi connectivity index (χ3n) is 3.61. The fraction of sp³-hybridized carbons (Fsp3) is 0.533. The van der Waals surface area contributed by atoms with E-state index in [0.29, 0.717) is 32.5 Å². The Morgan fingerprint density at radius 1 is 1.45 bits per heavy atom. The molecule has 0 saturated carbocycles. The van der Waals surface area contributed by atoms with E-state index in [0.717, 1.165) is 17.6 Å². The normalized spacial score (nSPS) is 19.1. The molecule has 0 aliphatic carbocycles. The molecule has 1 aliphatic heterocycles. The summed E-state index contributed by atoms with van der Waals surface area (Å²) in [7, 11) is -3.34. The van der Waals surface area contributed by atoms with E-state index in [4.69, 9.17) is 4.74 Å². The standard InChI is InChI=1S/C15H22N2O4S/c1-3-21-13-7-4-6-12(10-13)11-16-15(18)14-8-5-9-17(14)22(2,19)20/h4,6-7,10,14H,3,5,8-9,11H2,1-2H3,(H,16,18)/t14-/m1/s1. The molecule has 1 aromatic rings.